The molecule has 2 amide bonds. The second-order valence-corrected chi connectivity index (χ2v) is 8.02. The maximum absolute atomic E-state index is 12.9. The Kier molecular flexibility index (Phi) is 8.26. The van der Waals surface area contributed by atoms with Crippen LogP contribution in [0.4, 0.5) is 5.95 Å². The Morgan fingerprint density at radius 1 is 1.00 bits per heavy atom. The monoisotopic (exact) mass is 465 g/mol. The zero-order chi connectivity index (χ0) is 24.7. The number of amides is 2. The van der Waals surface area contributed by atoms with E-state index in [9.17, 15) is 9.59 Å². The molecule has 0 aliphatic rings. The van der Waals surface area contributed by atoms with Gasteiger partial charge in [-0.15, -0.1) is 0 Å². The van der Waals surface area contributed by atoms with Crippen LogP contribution in [-0.4, -0.2) is 79.1 Å². The van der Waals surface area contributed by atoms with Crippen molar-refractivity contribution in [3.63, 3.8) is 0 Å². The van der Waals surface area contributed by atoms with Gasteiger partial charge in [0, 0.05) is 37.8 Å². The van der Waals surface area contributed by atoms with Gasteiger partial charge in [-0.1, -0.05) is 30.3 Å². The number of rotatable bonds is 10. The van der Waals surface area contributed by atoms with Crippen molar-refractivity contribution < 1.29 is 19.1 Å². The Morgan fingerprint density at radius 2 is 1.71 bits per heavy atom. The molecule has 0 atom stereocenters. The quantitative estimate of drug-likeness (QED) is 0.495. The molecule has 3 rings (SSSR count). The van der Waals surface area contributed by atoms with Gasteiger partial charge >= 0.3 is 0 Å². The van der Waals surface area contributed by atoms with E-state index in [0.29, 0.717) is 36.2 Å². The van der Waals surface area contributed by atoms with Gasteiger partial charge < -0.3 is 19.3 Å². The number of imidazole rings is 1. The van der Waals surface area contributed by atoms with Crippen molar-refractivity contribution in [2.75, 3.05) is 53.3 Å². The van der Waals surface area contributed by atoms with Gasteiger partial charge in [-0.3, -0.25) is 19.5 Å². The van der Waals surface area contributed by atoms with E-state index in [1.807, 2.05) is 67.7 Å². The van der Waals surface area contributed by atoms with Gasteiger partial charge in [-0.2, -0.15) is 0 Å². The largest absolute Gasteiger partial charge is 0.493 e. The van der Waals surface area contributed by atoms with E-state index in [-0.39, 0.29) is 18.4 Å². The maximum atomic E-state index is 12.9. The third kappa shape index (κ3) is 6.14. The summed E-state index contributed by atoms with van der Waals surface area (Å²) in [5.41, 5.74) is 2.34. The molecule has 1 aromatic heterocycles. The number of methoxy groups -OCH3 is 2. The Balaban J connectivity index is 1.93. The molecule has 0 fully saturated rings. The lowest BCUT2D eigenvalue weighted by atomic mass is 10.2. The van der Waals surface area contributed by atoms with Crippen LogP contribution in [0.3, 0.4) is 0 Å². The second-order valence-electron chi connectivity index (χ2n) is 8.02. The number of ether oxygens (including phenoxy) is 2. The number of carbonyl (C=O) groups excluding carboxylic acids is 2. The highest BCUT2D eigenvalue weighted by Crippen LogP contribution is 2.31. The molecule has 1 heterocycles. The van der Waals surface area contributed by atoms with Crippen molar-refractivity contribution in [2.24, 2.45) is 0 Å². The normalized spacial score (nSPS) is 10.8. The van der Waals surface area contributed by atoms with Gasteiger partial charge in [0.05, 0.1) is 32.1 Å². The van der Waals surface area contributed by atoms with Crippen LogP contribution in [0.2, 0.25) is 0 Å². The Morgan fingerprint density at radius 3 is 2.32 bits per heavy atom. The van der Waals surface area contributed by atoms with Crippen molar-refractivity contribution in [3.05, 3.63) is 54.7 Å². The summed E-state index contributed by atoms with van der Waals surface area (Å²) < 4.78 is 12.6. The molecule has 0 saturated heterocycles. The summed E-state index contributed by atoms with van der Waals surface area (Å²) in [5, 5.41) is 2.87. The molecule has 9 nitrogen and oxygen atoms in total. The van der Waals surface area contributed by atoms with Crippen molar-refractivity contribution in [1.29, 1.82) is 0 Å². The third-order valence-electron chi connectivity index (χ3n) is 5.27. The average molecular weight is 466 g/mol. The predicted octanol–water partition coefficient (Wildman–Crippen LogP) is 2.91. The number of aromatic nitrogens is 2. The summed E-state index contributed by atoms with van der Waals surface area (Å²) in [4.78, 5) is 33.1. The fraction of sp³-hybridized carbons (Fsp3) is 0.320. The van der Waals surface area contributed by atoms with E-state index in [0.717, 1.165) is 11.3 Å². The third-order valence-corrected chi connectivity index (χ3v) is 5.27. The van der Waals surface area contributed by atoms with Crippen molar-refractivity contribution in [3.8, 4) is 28.4 Å². The number of anilines is 1. The molecule has 9 heteroatoms. The molecule has 34 heavy (non-hydrogen) atoms. The lowest BCUT2D eigenvalue weighted by molar-refractivity contribution is -0.132. The van der Waals surface area contributed by atoms with Crippen molar-refractivity contribution in [2.45, 2.75) is 6.92 Å². The average Bonchev–Trinajstić information content (AvgIpc) is 3.25. The Bertz CT molecular complexity index is 1130. The number of benzene rings is 2. The van der Waals surface area contributed by atoms with Crippen LogP contribution >= 0.6 is 0 Å². The van der Waals surface area contributed by atoms with E-state index in [2.05, 4.69) is 10.3 Å². The van der Waals surface area contributed by atoms with Crippen LogP contribution in [0.25, 0.3) is 16.9 Å². The summed E-state index contributed by atoms with van der Waals surface area (Å²) in [6.45, 7) is 2.50. The first-order valence-corrected chi connectivity index (χ1v) is 10.9. The SMILES string of the molecule is COc1ccc(-n2cc(-c3ccccc3)nc2NC(=O)CN(CCN(C)C)C(C)=O)cc1OC. The molecule has 3 aromatic rings. The molecule has 1 N–H and O–H groups in total. The summed E-state index contributed by atoms with van der Waals surface area (Å²) in [6.07, 6.45) is 1.85. The first kappa shape index (κ1) is 24.8. The molecule has 0 saturated carbocycles. The summed E-state index contributed by atoms with van der Waals surface area (Å²) >= 11 is 0. The van der Waals surface area contributed by atoms with Crippen molar-refractivity contribution in [1.82, 2.24) is 19.4 Å². The van der Waals surface area contributed by atoms with Gasteiger partial charge in [0.25, 0.3) is 0 Å². The van der Waals surface area contributed by atoms with E-state index < -0.39 is 0 Å². The minimum absolute atomic E-state index is 0.0668. The second kappa shape index (κ2) is 11.3. The highest BCUT2D eigenvalue weighted by Gasteiger charge is 2.18. The fourth-order valence-corrected chi connectivity index (χ4v) is 3.39. The number of nitrogens with zero attached hydrogens (tertiary/aromatic N) is 4. The number of likely N-dealkylation sites (N-methyl/N-ethyl adjacent to an activating group) is 1. The first-order chi connectivity index (χ1) is 16.3. The molecule has 0 radical (unpaired) electrons. The number of carbonyl (C=O) groups is 2. The maximum Gasteiger partial charge on any atom is 0.246 e. The molecule has 2 aromatic carbocycles. The standard InChI is InChI=1S/C25H31N5O4/c1-18(31)29(14-13-28(2)3)17-24(32)27-25-26-21(19-9-7-6-8-10-19)16-30(25)20-11-12-22(33-4)23(15-20)34-5/h6-12,15-16H,13-14,17H2,1-5H3,(H,26,27,32). The molecule has 0 bridgehead atoms. The van der Waals surface area contributed by atoms with Gasteiger partial charge in [0.15, 0.2) is 11.5 Å². The zero-order valence-electron chi connectivity index (χ0n) is 20.2. The molecule has 0 aliphatic carbocycles. The first-order valence-electron chi connectivity index (χ1n) is 10.9. The van der Waals surface area contributed by atoms with E-state index >= 15 is 0 Å². The van der Waals surface area contributed by atoms with Crippen LogP contribution in [0.15, 0.2) is 54.7 Å². The molecule has 0 spiro atoms. The van der Waals surface area contributed by atoms with Crippen LogP contribution in [0.1, 0.15) is 6.92 Å². The summed E-state index contributed by atoms with van der Waals surface area (Å²) in [7, 11) is 6.98. The van der Waals surface area contributed by atoms with E-state index in [1.54, 1.807) is 24.9 Å². The molecular formula is C25H31N5O4. The smallest absolute Gasteiger partial charge is 0.246 e. The zero-order valence-corrected chi connectivity index (χ0v) is 20.2. The Labute approximate surface area is 199 Å². The van der Waals surface area contributed by atoms with Gasteiger partial charge in [0.1, 0.15) is 0 Å². The van der Waals surface area contributed by atoms with E-state index in [1.165, 1.54) is 11.8 Å². The topological polar surface area (TPSA) is 88.9 Å². The van der Waals surface area contributed by atoms with Crippen LogP contribution in [0, 0.1) is 0 Å². The predicted molar refractivity (Wildman–Crippen MR) is 132 cm³/mol. The van der Waals surface area contributed by atoms with Crippen molar-refractivity contribution >= 4 is 17.8 Å². The molecule has 0 unspecified atom stereocenters. The highest BCUT2D eigenvalue weighted by atomic mass is 16.5. The van der Waals surface area contributed by atoms with Crippen LogP contribution < -0.4 is 14.8 Å². The highest BCUT2D eigenvalue weighted by molar-refractivity contribution is 5.93. The number of nitrogens with one attached hydrogen (secondary N) is 1. The fourth-order valence-electron chi connectivity index (χ4n) is 3.39. The molecule has 180 valence electrons. The van der Waals surface area contributed by atoms with Gasteiger partial charge in [-0.05, 0) is 26.2 Å². The minimum atomic E-state index is -0.333. The van der Waals surface area contributed by atoms with Crippen LogP contribution in [0.5, 0.6) is 11.5 Å². The van der Waals surface area contributed by atoms with Gasteiger partial charge in [-0.25, -0.2) is 4.98 Å². The lowest BCUT2D eigenvalue weighted by Gasteiger charge is -2.22. The van der Waals surface area contributed by atoms with Gasteiger partial charge in [0.2, 0.25) is 17.8 Å². The minimum Gasteiger partial charge on any atom is -0.493 e. The Hall–Kier alpha value is -3.85. The summed E-state index contributed by atoms with van der Waals surface area (Å²) in [6, 6.07) is 15.1. The van der Waals surface area contributed by atoms with Crippen LogP contribution in [-0.2, 0) is 9.59 Å². The molecular weight excluding hydrogens is 434 g/mol. The number of hydrogen-bond donors (Lipinski definition) is 1. The summed E-state index contributed by atoms with van der Waals surface area (Å²) in [5.74, 6) is 0.996. The number of hydrogen-bond acceptors (Lipinski definition) is 6. The molecule has 0 aliphatic heterocycles. The van der Waals surface area contributed by atoms with E-state index in [4.69, 9.17) is 9.47 Å². The lowest BCUT2D eigenvalue weighted by Crippen LogP contribution is -2.40.